The van der Waals surface area contributed by atoms with Crippen LogP contribution in [0.2, 0.25) is 0 Å². The van der Waals surface area contributed by atoms with Crippen LogP contribution in [0.1, 0.15) is 0 Å². The van der Waals surface area contributed by atoms with Crippen LogP contribution in [0.25, 0.3) is 22.0 Å². The molecule has 0 amide bonds. The molecule has 2 heterocycles. The average Bonchev–Trinajstić information content (AvgIpc) is 2.53. The fourth-order valence-electron chi connectivity index (χ4n) is 2.23. The van der Waals surface area contributed by atoms with Crippen LogP contribution < -0.4 is 10.2 Å². The van der Waals surface area contributed by atoms with Gasteiger partial charge in [0.15, 0.2) is 0 Å². The zero-order valence-electron chi connectivity index (χ0n) is 11.4. The molecule has 104 valence electrons. The summed E-state index contributed by atoms with van der Waals surface area (Å²) in [5.41, 5.74) is 2.81. The molecule has 21 heavy (non-hydrogen) atoms. The monoisotopic (exact) mass is 280 g/mol. The minimum absolute atomic E-state index is 0.403. The number of fused-ring (bicyclic) bond motifs is 1. The van der Waals surface area contributed by atoms with Gasteiger partial charge < -0.3 is 14.8 Å². The lowest BCUT2D eigenvalue weighted by Crippen LogP contribution is -2.29. The first-order valence-electron chi connectivity index (χ1n) is 6.43. The van der Waals surface area contributed by atoms with Gasteiger partial charge in [0.25, 0.3) is 0 Å². The van der Waals surface area contributed by atoms with E-state index in [1.54, 1.807) is 43.9 Å². The number of pyridine rings is 2. The van der Waals surface area contributed by atoms with E-state index in [4.69, 9.17) is 4.74 Å². The van der Waals surface area contributed by atoms with Crippen molar-refractivity contribution in [3.8, 4) is 16.9 Å². The predicted molar refractivity (Wildman–Crippen MR) is 81.4 cm³/mol. The summed E-state index contributed by atoms with van der Waals surface area (Å²) in [6.07, 6.45) is 5.12. The Kier molecular flexibility index (Phi) is 3.56. The zero-order valence-corrected chi connectivity index (χ0v) is 11.4. The molecule has 0 spiro atoms. The highest BCUT2D eigenvalue weighted by atomic mass is 16.5. The van der Waals surface area contributed by atoms with Gasteiger partial charge in [-0.3, -0.25) is 9.97 Å². The standard InChI is InChI=1S/C15H13BN2O3/c1-21-15-3-2-12(16(19)20)7-13(15)11-6-10-4-5-17-9-14(10)18-8-11/h2-9,19-20H,1H3. The van der Waals surface area contributed by atoms with Crippen LogP contribution in [0.15, 0.2) is 48.9 Å². The highest BCUT2D eigenvalue weighted by Gasteiger charge is 2.15. The maximum atomic E-state index is 9.32. The van der Waals surface area contributed by atoms with Crippen LogP contribution in [0.4, 0.5) is 0 Å². The lowest BCUT2D eigenvalue weighted by Gasteiger charge is -2.11. The molecule has 0 bridgehead atoms. The number of ether oxygens (including phenoxy) is 1. The third-order valence-electron chi connectivity index (χ3n) is 3.32. The first-order valence-corrected chi connectivity index (χ1v) is 6.43. The van der Waals surface area contributed by atoms with Gasteiger partial charge in [0, 0.05) is 28.9 Å². The molecule has 2 N–H and O–H groups in total. The molecule has 0 aliphatic carbocycles. The van der Waals surface area contributed by atoms with E-state index in [9.17, 15) is 10.0 Å². The van der Waals surface area contributed by atoms with Crippen LogP contribution in [-0.2, 0) is 0 Å². The number of rotatable bonds is 3. The van der Waals surface area contributed by atoms with Crippen LogP contribution in [0, 0.1) is 0 Å². The molecule has 0 unspecified atom stereocenters. The summed E-state index contributed by atoms with van der Waals surface area (Å²) < 4.78 is 5.34. The number of nitrogens with zero attached hydrogens (tertiary/aromatic N) is 2. The Balaban J connectivity index is 2.18. The summed E-state index contributed by atoms with van der Waals surface area (Å²) in [4.78, 5) is 8.40. The molecule has 0 saturated carbocycles. The normalized spacial score (nSPS) is 10.6. The molecule has 3 rings (SSSR count). The van der Waals surface area contributed by atoms with Gasteiger partial charge in [-0.2, -0.15) is 0 Å². The lowest BCUT2D eigenvalue weighted by atomic mass is 9.79. The summed E-state index contributed by atoms with van der Waals surface area (Å²) in [7, 11) is 0.0546. The maximum Gasteiger partial charge on any atom is 0.488 e. The van der Waals surface area contributed by atoms with E-state index in [0.717, 1.165) is 22.0 Å². The molecule has 0 atom stereocenters. The summed E-state index contributed by atoms with van der Waals surface area (Å²) in [5.74, 6) is 0.648. The van der Waals surface area contributed by atoms with Crippen molar-refractivity contribution in [1.29, 1.82) is 0 Å². The van der Waals surface area contributed by atoms with E-state index in [-0.39, 0.29) is 0 Å². The summed E-state index contributed by atoms with van der Waals surface area (Å²) in [6, 6.07) is 8.86. The first-order chi connectivity index (χ1) is 10.2. The molecule has 0 saturated heterocycles. The van der Waals surface area contributed by atoms with Gasteiger partial charge in [-0.05, 0) is 23.7 Å². The fraction of sp³-hybridized carbons (Fsp3) is 0.0667. The molecular weight excluding hydrogens is 267 g/mol. The SMILES string of the molecule is COc1ccc(B(O)O)cc1-c1cnc2cnccc2c1. The van der Waals surface area contributed by atoms with Gasteiger partial charge in [-0.1, -0.05) is 12.1 Å². The Morgan fingerprint density at radius 2 is 1.95 bits per heavy atom. The van der Waals surface area contributed by atoms with E-state index in [1.807, 2.05) is 12.1 Å². The molecular formula is C15H13BN2O3. The number of hydrogen-bond donors (Lipinski definition) is 2. The van der Waals surface area contributed by atoms with Crippen molar-refractivity contribution >= 4 is 23.5 Å². The van der Waals surface area contributed by atoms with Crippen LogP contribution in [0.5, 0.6) is 5.75 Å². The summed E-state index contributed by atoms with van der Waals surface area (Å²) in [5, 5.41) is 19.6. The molecule has 0 aliphatic heterocycles. The van der Waals surface area contributed by atoms with Gasteiger partial charge >= 0.3 is 7.12 Å². The van der Waals surface area contributed by atoms with Crippen LogP contribution in [-0.4, -0.2) is 34.2 Å². The van der Waals surface area contributed by atoms with E-state index >= 15 is 0 Å². The van der Waals surface area contributed by atoms with Crippen molar-refractivity contribution in [3.63, 3.8) is 0 Å². The van der Waals surface area contributed by atoms with Gasteiger partial charge in [-0.25, -0.2) is 0 Å². The molecule has 3 aromatic rings. The Morgan fingerprint density at radius 1 is 1.10 bits per heavy atom. The Morgan fingerprint density at radius 3 is 2.71 bits per heavy atom. The average molecular weight is 280 g/mol. The van der Waals surface area contributed by atoms with E-state index in [2.05, 4.69) is 9.97 Å². The summed E-state index contributed by atoms with van der Waals surface area (Å²) >= 11 is 0. The maximum absolute atomic E-state index is 9.32. The molecule has 0 fully saturated rings. The molecule has 1 aromatic carbocycles. The van der Waals surface area contributed by atoms with Crippen molar-refractivity contribution in [2.24, 2.45) is 0 Å². The second-order valence-corrected chi connectivity index (χ2v) is 4.63. The van der Waals surface area contributed by atoms with Crippen LogP contribution >= 0.6 is 0 Å². The van der Waals surface area contributed by atoms with Crippen molar-refractivity contribution < 1.29 is 14.8 Å². The Hall–Kier alpha value is -2.44. The Bertz CT molecular complexity index is 793. The minimum atomic E-state index is -1.52. The first kappa shape index (κ1) is 13.5. The number of benzene rings is 1. The fourth-order valence-corrected chi connectivity index (χ4v) is 2.23. The van der Waals surface area contributed by atoms with Gasteiger partial charge in [0.1, 0.15) is 5.75 Å². The largest absolute Gasteiger partial charge is 0.496 e. The van der Waals surface area contributed by atoms with Gasteiger partial charge in [0.05, 0.1) is 18.8 Å². The molecule has 6 heteroatoms. The predicted octanol–water partition coefficient (Wildman–Crippen LogP) is 0.985. The second-order valence-electron chi connectivity index (χ2n) is 4.63. The van der Waals surface area contributed by atoms with E-state index in [0.29, 0.717) is 11.2 Å². The van der Waals surface area contributed by atoms with Crippen molar-refractivity contribution in [1.82, 2.24) is 9.97 Å². The number of hydrogen-bond acceptors (Lipinski definition) is 5. The second kappa shape index (κ2) is 5.51. The zero-order chi connectivity index (χ0) is 14.8. The Labute approximate surface area is 122 Å². The lowest BCUT2D eigenvalue weighted by molar-refractivity contribution is 0.415. The highest BCUT2D eigenvalue weighted by Crippen LogP contribution is 2.30. The van der Waals surface area contributed by atoms with E-state index < -0.39 is 7.12 Å². The minimum Gasteiger partial charge on any atom is -0.496 e. The number of methoxy groups -OCH3 is 1. The third-order valence-corrected chi connectivity index (χ3v) is 3.32. The van der Waals surface area contributed by atoms with Gasteiger partial charge in [-0.15, -0.1) is 0 Å². The molecule has 5 nitrogen and oxygen atoms in total. The highest BCUT2D eigenvalue weighted by molar-refractivity contribution is 6.58. The van der Waals surface area contributed by atoms with Crippen molar-refractivity contribution in [2.75, 3.05) is 7.11 Å². The smallest absolute Gasteiger partial charge is 0.488 e. The number of aromatic nitrogens is 2. The third kappa shape index (κ3) is 2.59. The van der Waals surface area contributed by atoms with Crippen molar-refractivity contribution in [2.45, 2.75) is 0 Å². The van der Waals surface area contributed by atoms with Gasteiger partial charge in [0.2, 0.25) is 0 Å². The molecule has 0 aliphatic rings. The quantitative estimate of drug-likeness (QED) is 0.700. The summed E-state index contributed by atoms with van der Waals surface area (Å²) in [6.45, 7) is 0. The topological polar surface area (TPSA) is 75.5 Å². The molecule has 0 radical (unpaired) electrons. The van der Waals surface area contributed by atoms with Crippen LogP contribution in [0.3, 0.4) is 0 Å². The van der Waals surface area contributed by atoms with E-state index in [1.165, 1.54) is 0 Å². The van der Waals surface area contributed by atoms with Crippen molar-refractivity contribution in [3.05, 3.63) is 48.9 Å². The molecule has 2 aromatic heterocycles.